The molecular formula is C33H43NO. The third kappa shape index (κ3) is 4.62. The molecule has 5 rings (SSSR count). The molecule has 2 aliphatic rings. The van der Waals surface area contributed by atoms with Gasteiger partial charge in [-0.15, -0.1) is 0 Å². The van der Waals surface area contributed by atoms with Crippen LogP contribution >= 0.6 is 0 Å². The third-order valence-corrected chi connectivity index (χ3v) is 8.66. The second-order valence-electron chi connectivity index (χ2n) is 13.1. The van der Waals surface area contributed by atoms with E-state index in [4.69, 9.17) is 0 Å². The van der Waals surface area contributed by atoms with E-state index in [2.05, 4.69) is 101 Å². The number of aromatic hydroxyl groups is 1. The Bertz CT molecular complexity index is 1210. The van der Waals surface area contributed by atoms with Crippen LogP contribution in [0.4, 0.5) is 0 Å². The summed E-state index contributed by atoms with van der Waals surface area (Å²) in [5, 5.41) is 18.4. The fourth-order valence-electron chi connectivity index (χ4n) is 6.66. The number of rotatable bonds is 2. The molecule has 35 heavy (non-hydrogen) atoms. The quantitative estimate of drug-likeness (QED) is 0.394. The van der Waals surface area contributed by atoms with E-state index in [-0.39, 0.29) is 16.9 Å². The van der Waals surface area contributed by atoms with Gasteiger partial charge in [0.15, 0.2) is 0 Å². The average Bonchev–Trinajstić information content (AvgIpc) is 2.81. The second-order valence-corrected chi connectivity index (χ2v) is 13.1. The number of phenols is 1. The summed E-state index contributed by atoms with van der Waals surface area (Å²) in [6.07, 6.45) is 6.17. The first-order valence-electron chi connectivity index (χ1n) is 13.7. The van der Waals surface area contributed by atoms with Crippen LogP contribution < -0.4 is 5.32 Å². The zero-order valence-electron chi connectivity index (χ0n) is 22.5. The monoisotopic (exact) mass is 469 g/mol. The first-order chi connectivity index (χ1) is 16.5. The molecule has 1 aliphatic heterocycles. The lowest BCUT2D eigenvalue weighted by Gasteiger charge is -2.46. The normalized spacial score (nSPS) is 25.4. The van der Waals surface area contributed by atoms with E-state index < -0.39 is 0 Å². The van der Waals surface area contributed by atoms with E-state index in [0.29, 0.717) is 23.6 Å². The lowest BCUT2D eigenvalue weighted by atomic mass is 9.68. The Morgan fingerprint density at radius 2 is 1.51 bits per heavy atom. The molecule has 4 unspecified atom stereocenters. The Morgan fingerprint density at radius 3 is 2.26 bits per heavy atom. The van der Waals surface area contributed by atoms with Gasteiger partial charge in [0.05, 0.1) is 0 Å². The second kappa shape index (κ2) is 8.96. The molecule has 0 radical (unpaired) electrons. The summed E-state index contributed by atoms with van der Waals surface area (Å²) in [4.78, 5) is 0. The maximum atomic E-state index is 11.5. The van der Waals surface area contributed by atoms with Crippen LogP contribution in [0.5, 0.6) is 5.75 Å². The molecule has 1 saturated carbocycles. The first kappa shape index (κ1) is 24.4. The Labute approximate surface area is 212 Å². The minimum Gasteiger partial charge on any atom is -0.507 e. The molecule has 2 fully saturated rings. The zero-order valence-corrected chi connectivity index (χ0v) is 22.5. The van der Waals surface area contributed by atoms with E-state index in [1.165, 1.54) is 47.6 Å². The van der Waals surface area contributed by atoms with Gasteiger partial charge in [-0.3, -0.25) is 0 Å². The average molecular weight is 470 g/mol. The van der Waals surface area contributed by atoms with Crippen molar-refractivity contribution in [3.05, 3.63) is 76.9 Å². The summed E-state index contributed by atoms with van der Waals surface area (Å²) < 4.78 is 0. The fourth-order valence-corrected chi connectivity index (χ4v) is 6.66. The largest absolute Gasteiger partial charge is 0.507 e. The van der Waals surface area contributed by atoms with E-state index in [1.807, 2.05) is 0 Å². The van der Waals surface area contributed by atoms with Gasteiger partial charge in [-0.1, -0.05) is 96.5 Å². The lowest BCUT2D eigenvalue weighted by molar-refractivity contribution is 0.154. The Balaban J connectivity index is 1.55. The van der Waals surface area contributed by atoms with Crippen molar-refractivity contribution in [2.24, 2.45) is 5.92 Å². The van der Waals surface area contributed by atoms with Crippen molar-refractivity contribution in [2.75, 3.05) is 0 Å². The van der Waals surface area contributed by atoms with Crippen molar-refractivity contribution < 1.29 is 5.11 Å². The van der Waals surface area contributed by atoms with Crippen molar-refractivity contribution in [1.29, 1.82) is 0 Å². The summed E-state index contributed by atoms with van der Waals surface area (Å²) in [6.45, 7) is 13.5. The summed E-state index contributed by atoms with van der Waals surface area (Å²) in [7, 11) is 0. The number of hydrogen-bond acceptors (Lipinski definition) is 2. The number of hydrogen-bond donors (Lipinski definition) is 2. The molecule has 0 aromatic heterocycles. The number of nitrogens with one attached hydrogen (secondary N) is 1. The molecule has 1 aliphatic carbocycles. The van der Waals surface area contributed by atoms with Gasteiger partial charge in [0.1, 0.15) is 5.75 Å². The lowest BCUT2D eigenvalue weighted by Crippen LogP contribution is -2.49. The van der Waals surface area contributed by atoms with Crippen LogP contribution in [0.1, 0.15) is 108 Å². The van der Waals surface area contributed by atoms with Gasteiger partial charge < -0.3 is 10.4 Å². The van der Waals surface area contributed by atoms with Crippen molar-refractivity contribution in [2.45, 2.75) is 102 Å². The molecule has 0 bridgehead atoms. The molecule has 1 saturated heterocycles. The predicted molar refractivity (Wildman–Crippen MR) is 148 cm³/mol. The predicted octanol–water partition coefficient (Wildman–Crippen LogP) is 8.52. The van der Waals surface area contributed by atoms with E-state index >= 15 is 0 Å². The van der Waals surface area contributed by atoms with E-state index in [0.717, 1.165) is 17.5 Å². The standard InChI is InChI=1S/C33H43NO/c1-32(2,3)23-19-27(31(35)28(20-23)33(4,5)6)29-18-17-22-13-10-16-26(30(22)34-29)25-15-9-12-21-11-7-8-14-24(21)25/h7-9,11-12,14-15,19-20,22,26,29-30,34-35H,10,13,16-18H2,1-6H3. The number of benzene rings is 3. The van der Waals surface area contributed by atoms with Crippen molar-refractivity contribution in [1.82, 2.24) is 5.32 Å². The minimum atomic E-state index is -0.104. The van der Waals surface area contributed by atoms with Crippen molar-refractivity contribution in [3.63, 3.8) is 0 Å². The molecule has 2 nitrogen and oxygen atoms in total. The van der Waals surface area contributed by atoms with Gasteiger partial charge in [0.25, 0.3) is 0 Å². The number of fused-ring (bicyclic) bond motifs is 2. The third-order valence-electron chi connectivity index (χ3n) is 8.66. The van der Waals surface area contributed by atoms with Crippen LogP contribution in [0, 0.1) is 5.92 Å². The Kier molecular flexibility index (Phi) is 6.24. The Morgan fingerprint density at radius 1 is 0.771 bits per heavy atom. The maximum Gasteiger partial charge on any atom is 0.124 e. The molecule has 0 spiro atoms. The highest BCUT2D eigenvalue weighted by molar-refractivity contribution is 5.86. The topological polar surface area (TPSA) is 32.3 Å². The summed E-state index contributed by atoms with van der Waals surface area (Å²) >= 11 is 0. The highest BCUT2D eigenvalue weighted by Gasteiger charge is 2.40. The molecule has 186 valence electrons. The SMILES string of the molecule is CC(C)(C)c1cc(C2CCC3CCCC(c4cccc5ccccc45)C3N2)c(O)c(C(C)(C)C)c1. The van der Waals surface area contributed by atoms with Crippen LogP contribution in [0.15, 0.2) is 54.6 Å². The smallest absolute Gasteiger partial charge is 0.124 e. The van der Waals surface area contributed by atoms with Crippen LogP contribution in [-0.4, -0.2) is 11.1 Å². The zero-order chi connectivity index (χ0) is 25.0. The summed E-state index contributed by atoms with van der Waals surface area (Å²) in [5.41, 5.74) is 4.91. The summed E-state index contributed by atoms with van der Waals surface area (Å²) in [5.74, 6) is 1.72. The van der Waals surface area contributed by atoms with Crippen LogP contribution in [-0.2, 0) is 10.8 Å². The van der Waals surface area contributed by atoms with Gasteiger partial charge in [0.2, 0.25) is 0 Å². The first-order valence-corrected chi connectivity index (χ1v) is 13.7. The molecular weight excluding hydrogens is 426 g/mol. The molecule has 2 N–H and O–H groups in total. The van der Waals surface area contributed by atoms with E-state index in [1.54, 1.807) is 0 Å². The van der Waals surface area contributed by atoms with Gasteiger partial charge in [-0.25, -0.2) is 0 Å². The van der Waals surface area contributed by atoms with Crippen LogP contribution in [0.25, 0.3) is 10.8 Å². The molecule has 2 heteroatoms. The highest BCUT2D eigenvalue weighted by Crippen LogP contribution is 2.47. The van der Waals surface area contributed by atoms with Gasteiger partial charge in [-0.05, 0) is 76.0 Å². The summed E-state index contributed by atoms with van der Waals surface area (Å²) in [6, 6.07) is 20.8. The minimum absolute atomic E-state index is 0.0377. The van der Waals surface area contributed by atoms with Crippen molar-refractivity contribution >= 4 is 10.8 Å². The molecule has 0 amide bonds. The van der Waals surface area contributed by atoms with Crippen LogP contribution in [0.2, 0.25) is 0 Å². The van der Waals surface area contributed by atoms with Crippen LogP contribution in [0.3, 0.4) is 0 Å². The number of piperidine rings is 1. The highest BCUT2D eigenvalue weighted by atomic mass is 16.3. The van der Waals surface area contributed by atoms with Gasteiger partial charge in [-0.2, -0.15) is 0 Å². The van der Waals surface area contributed by atoms with E-state index in [9.17, 15) is 5.11 Å². The molecule has 4 atom stereocenters. The number of phenolic OH excluding ortho intramolecular Hbond substituents is 1. The Hall–Kier alpha value is -2.32. The van der Waals surface area contributed by atoms with Gasteiger partial charge >= 0.3 is 0 Å². The molecule has 1 heterocycles. The molecule has 3 aromatic carbocycles. The van der Waals surface area contributed by atoms with Crippen molar-refractivity contribution in [3.8, 4) is 5.75 Å². The maximum absolute atomic E-state index is 11.5. The van der Waals surface area contributed by atoms with Gasteiger partial charge in [0, 0.05) is 23.6 Å². The fraction of sp³-hybridized carbons (Fsp3) is 0.515. The molecule has 3 aromatic rings.